The lowest BCUT2D eigenvalue weighted by molar-refractivity contribution is -0.0597. The van der Waals surface area contributed by atoms with Crippen molar-refractivity contribution in [3.8, 4) is 0 Å². The molecule has 0 saturated carbocycles. The van der Waals surface area contributed by atoms with Gasteiger partial charge in [-0.25, -0.2) is 0 Å². The number of hydrogen-bond donors (Lipinski definition) is 1. The van der Waals surface area contributed by atoms with Gasteiger partial charge in [-0.15, -0.1) is 0 Å². The Labute approximate surface area is 117 Å². The van der Waals surface area contributed by atoms with E-state index in [0.717, 1.165) is 39.4 Å². The van der Waals surface area contributed by atoms with Gasteiger partial charge in [-0.05, 0) is 39.3 Å². The fourth-order valence-electron chi connectivity index (χ4n) is 3.44. The first kappa shape index (κ1) is 15.2. The Balaban J connectivity index is 1.93. The average Bonchev–Trinajstić information content (AvgIpc) is 2.85. The molecule has 0 aromatic heterocycles. The SMILES string of the molecule is CCNCC1(CN2CCCC(C)(OC)C2)CCOC1. The second-order valence-corrected chi connectivity index (χ2v) is 6.55. The number of nitrogens with one attached hydrogen (secondary N) is 1. The minimum Gasteiger partial charge on any atom is -0.381 e. The normalized spacial score (nSPS) is 36.8. The van der Waals surface area contributed by atoms with Crippen LogP contribution in [0.5, 0.6) is 0 Å². The highest BCUT2D eigenvalue weighted by molar-refractivity contribution is 4.92. The van der Waals surface area contributed by atoms with Gasteiger partial charge in [0.2, 0.25) is 0 Å². The molecule has 4 heteroatoms. The molecule has 2 unspecified atom stereocenters. The lowest BCUT2D eigenvalue weighted by Crippen LogP contribution is -2.52. The summed E-state index contributed by atoms with van der Waals surface area (Å²) in [6.07, 6.45) is 3.60. The van der Waals surface area contributed by atoms with Crippen LogP contribution in [0.2, 0.25) is 0 Å². The number of methoxy groups -OCH3 is 1. The Morgan fingerprint density at radius 3 is 2.84 bits per heavy atom. The molecule has 2 rings (SSSR count). The highest BCUT2D eigenvalue weighted by Crippen LogP contribution is 2.32. The molecule has 0 bridgehead atoms. The molecule has 0 aliphatic carbocycles. The zero-order valence-corrected chi connectivity index (χ0v) is 12.8. The molecule has 4 nitrogen and oxygen atoms in total. The smallest absolute Gasteiger partial charge is 0.0777 e. The molecule has 0 aromatic carbocycles. The maximum absolute atomic E-state index is 5.70. The van der Waals surface area contributed by atoms with Gasteiger partial charge in [0.25, 0.3) is 0 Å². The Kier molecular flexibility index (Phi) is 5.23. The van der Waals surface area contributed by atoms with Crippen LogP contribution in [0, 0.1) is 5.41 Å². The van der Waals surface area contributed by atoms with E-state index in [9.17, 15) is 0 Å². The monoisotopic (exact) mass is 270 g/mol. The Bertz CT molecular complexity index is 279. The molecule has 112 valence electrons. The van der Waals surface area contributed by atoms with E-state index in [1.165, 1.54) is 25.8 Å². The Morgan fingerprint density at radius 1 is 1.37 bits per heavy atom. The summed E-state index contributed by atoms with van der Waals surface area (Å²) in [5.41, 5.74) is 0.346. The molecule has 19 heavy (non-hydrogen) atoms. The molecule has 1 N–H and O–H groups in total. The topological polar surface area (TPSA) is 33.7 Å². The lowest BCUT2D eigenvalue weighted by atomic mass is 9.84. The van der Waals surface area contributed by atoms with Crippen molar-refractivity contribution in [2.24, 2.45) is 5.41 Å². The van der Waals surface area contributed by atoms with E-state index in [-0.39, 0.29) is 5.60 Å². The second kappa shape index (κ2) is 6.53. The highest BCUT2D eigenvalue weighted by Gasteiger charge is 2.39. The van der Waals surface area contributed by atoms with Gasteiger partial charge in [0, 0.05) is 38.8 Å². The highest BCUT2D eigenvalue weighted by atomic mass is 16.5. The Morgan fingerprint density at radius 2 is 2.21 bits per heavy atom. The maximum Gasteiger partial charge on any atom is 0.0777 e. The van der Waals surface area contributed by atoms with E-state index in [2.05, 4.69) is 24.1 Å². The van der Waals surface area contributed by atoms with Gasteiger partial charge >= 0.3 is 0 Å². The van der Waals surface area contributed by atoms with Crippen molar-refractivity contribution >= 4 is 0 Å². The summed E-state index contributed by atoms with van der Waals surface area (Å²) in [5.74, 6) is 0. The molecule has 2 heterocycles. The first-order chi connectivity index (χ1) is 9.11. The van der Waals surface area contributed by atoms with Crippen LogP contribution in [-0.2, 0) is 9.47 Å². The molecule has 2 aliphatic heterocycles. The summed E-state index contributed by atoms with van der Waals surface area (Å²) in [6, 6.07) is 0. The summed E-state index contributed by atoms with van der Waals surface area (Å²) in [7, 11) is 1.84. The molecule has 0 amide bonds. The number of ether oxygens (including phenoxy) is 2. The fourth-order valence-corrected chi connectivity index (χ4v) is 3.44. The van der Waals surface area contributed by atoms with Crippen LogP contribution in [-0.4, -0.2) is 63.5 Å². The van der Waals surface area contributed by atoms with Crippen molar-refractivity contribution in [1.82, 2.24) is 10.2 Å². The molecule has 0 aromatic rings. The van der Waals surface area contributed by atoms with E-state index in [1.807, 2.05) is 7.11 Å². The van der Waals surface area contributed by atoms with Crippen LogP contribution in [0.15, 0.2) is 0 Å². The third-order valence-corrected chi connectivity index (χ3v) is 4.72. The number of likely N-dealkylation sites (tertiary alicyclic amines) is 1. The van der Waals surface area contributed by atoms with E-state index in [4.69, 9.17) is 9.47 Å². The van der Waals surface area contributed by atoms with Crippen LogP contribution in [0.1, 0.15) is 33.1 Å². The van der Waals surface area contributed by atoms with Crippen LogP contribution < -0.4 is 5.32 Å². The van der Waals surface area contributed by atoms with Crippen molar-refractivity contribution in [3.05, 3.63) is 0 Å². The van der Waals surface area contributed by atoms with E-state index < -0.39 is 0 Å². The van der Waals surface area contributed by atoms with Crippen LogP contribution in [0.3, 0.4) is 0 Å². The lowest BCUT2D eigenvalue weighted by Gasteiger charge is -2.43. The van der Waals surface area contributed by atoms with Gasteiger partial charge in [0.15, 0.2) is 0 Å². The predicted octanol–water partition coefficient (Wildman–Crippen LogP) is 1.50. The fraction of sp³-hybridized carbons (Fsp3) is 1.00. The molecule has 2 saturated heterocycles. The second-order valence-electron chi connectivity index (χ2n) is 6.55. The van der Waals surface area contributed by atoms with Gasteiger partial charge in [0.05, 0.1) is 12.2 Å². The Hall–Kier alpha value is -0.160. The average molecular weight is 270 g/mol. The minimum absolute atomic E-state index is 0.0388. The van der Waals surface area contributed by atoms with Gasteiger partial charge in [-0.3, -0.25) is 4.90 Å². The van der Waals surface area contributed by atoms with Crippen LogP contribution >= 0.6 is 0 Å². The molecule has 0 spiro atoms. The minimum atomic E-state index is 0.0388. The van der Waals surface area contributed by atoms with Gasteiger partial charge in [-0.2, -0.15) is 0 Å². The largest absolute Gasteiger partial charge is 0.381 e. The molecular formula is C15H30N2O2. The zero-order chi connectivity index (χ0) is 13.8. The predicted molar refractivity (Wildman–Crippen MR) is 77.5 cm³/mol. The van der Waals surface area contributed by atoms with Crippen molar-refractivity contribution < 1.29 is 9.47 Å². The number of piperidine rings is 1. The van der Waals surface area contributed by atoms with Gasteiger partial charge in [-0.1, -0.05) is 6.92 Å². The third kappa shape index (κ3) is 3.91. The van der Waals surface area contributed by atoms with Crippen molar-refractivity contribution in [3.63, 3.8) is 0 Å². The zero-order valence-electron chi connectivity index (χ0n) is 12.8. The van der Waals surface area contributed by atoms with E-state index >= 15 is 0 Å². The molecule has 2 fully saturated rings. The summed E-state index contributed by atoms with van der Waals surface area (Å²) in [5, 5.41) is 3.52. The van der Waals surface area contributed by atoms with Gasteiger partial charge in [0.1, 0.15) is 0 Å². The summed E-state index contributed by atoms with van der Waals surface area (Å²) in [6.45, 7) is 11.7. The summed E-state index contributed by atoms with van der Waals surface area (Å²) < 4.78 is 11.4. The van der Waals surface area contributed by atoms with Crippen molar-refractivity contribution in [1.29, 1.82) is 0 Å². The molecule has 2 aliphatic rings. The standard InChI is InChI=1S/C15H30N2O2/c1-4-16-10-15(7-9-19-13-15)12-17-8-5-6-14(2,11-17)18-3/h16H,4-13H2,1-3H3. The summed E-state index contributed by atoms with van der Waals surface area (Å²) in [4.78, 5) is 2.58. The van der Waals surface area contributed by atoms with Gasteiger partial charge < -0.3 is 14.8 Å². The number of hydrogen-bond acceptors (Lipinski definition) is 4. The number of nitrogens with zero attached hydrogens (tertiary/aromatic N) is 1. The first-order valence-electron chi connectivity index (χ1n) is 7.67. The van der Waals surface area contributed by atoms with E-state index in [0.29, 0.717) is 5.41 Å². The first-order valence-corrected chi connectivity index (χ1v) is 7.67. The summed E-state index contributed by atoms with van der Waals surface area (Å²) >= 11 is 0. The third-order valence-electron chi connectivity index (χ3n) is 4.72. The van der Waals surface area contributed by atoms with Crippen molar-refractivity contribution in [2.45, 2.75) is 38.7 Å². The maximum atomic E-state index is 5.70. The van der Waals surface area contributed by atoms with Crippen molar-refractivity contribution in [2.75, 3.05) is 53.0 Å². The quantitative estimate of drug-likeness (QED) is 0.793. The molecule has 2 atom stereocenters. The van der Waals surface area contributed by atoms with Crippen LogP contribution in [0.25, 0.3) is 0 Å². The molecule has 0 radical (unpaired) electrons. The molecular weight excluding hydrogens is 240 g/mol. The number of rotatable bonds is 6. The van der Waals surface area contributed by atoms with Crippen LogP contribution in [0.4, 0.5) is 0 Å². The van der Waals surface area contributed by atoms with E-state index in [1.54, 1.807) is 0 Å².